The molecule has 2 aromatic carbocycles. The van der Waals surface area contributed by atoms with E-state index in [1.807, 2.05) is 6.07 Å². The van der Waals surface area contributed by atoms with Gasteiger partial charge in [0.1, 0.15) is 0 Å². The summed E-state index contributed by atoms with van der Waals surface area (Å²) in [5.74, 6) is 0. The second-order valence-corrected chi connectivity index (χ2v) is 5.09. The molecule has 94 valence electrons. The first-order valence-electron chi connectivity index (χ1n) is 6.16. The van der Waals surface area contributed by atoms with Crippen LogP contribution in [0.1, 0.15) is 22.3 Å². The molecule has 0 bridgehead atoms. The Morgan fingerprint density at radius 3 is 2.44 bits per heavy atom. The first kappa shape index (κ1) is 13.1. The zero-order valence-electron chi connectivity index (χ0n) is 10.8. The molecule has 0 spiro atoms. The summed E-state index contributed by atoms with van der Waals surface area (Å²) in [6, 6.07) is 14.7. The first-order chi connectivity index (χ1) is 8.65. The monoisotopic (exact) mass is 259 g/mol. The summed E-state index contributed by atoms with van der Waals surface area (Å²) >= 11 is 6.20. The predicted molar refractivity (Wildman–Crippen MR) is 77.9 cm³/mol. The Morgan fingerprint density at radius 2 is 1.72 bits per heavy atom. The fraction of sp³-hybridized carbons (Fsp3) is 0.250. The van der Waals surface area contributed by atoms with Crippen LogP contribution in [0.5, 0.6) is 0 Å². The normalized spacial score (nSPS) is 10.6. The number of hydrogen-bond donors (Lipinski definition) is 1. The Hall–Kier alpha value is -1.31. The van der Waals surface area contributed by atoms with Crippen molar-refractivity contribution in [1.82, 2.24) is 5.32 Å². The summed E-state index contributed by atoms with van der Waals surface area (Å²) in [7, 11) is 0. The summed E-state index contributed by atoms with van der Waals surface area (Å²) in [5.41, 5.74) is 4.94. The molecule has 0 unspecified atom stereocenters. The highest BCUT2D eigenvalue weighted by Gasteiger charge is 2.00. The van der Waals surface area contributed by atoms with Gasteiger partial charge in [0.05, 0.1) is 0 Å². The highest BCUT2D eigenvalue weighted by atomic mass is 35.5. The molecule has 0 aromatic heterocycles. The lowest BCUT2D eigenvalue weighted by Gasteiger charge is -2.08. The Labute approximate surface area is 114 Å². The van der Waals surface area contributed by atoms with E-state index >= 15 is 0 Å². The number of aryl methyl sites for hydroxylation is 2. The van der Waals surface area contributed by atoms with Crippen molar-refractivity contribution in [1.29, 1.82) is 0 Å². The maximum atomic E-state index is 6.20. The van der Waals surface area contributed by atoms with E-state index in [-0.39, 0.29) is 0 Å². The van der Waals surface area contributed by atoms with E-state index < -0.39 is 0 Å². The molecular weight excluding hydrogens is 242 g/mol. The topological polar surface area (TPSA) is 12.0 Å². The van der Waals surface area contributed by atoms with Crippen molar-refractivity contribution in [2.75, 3.05) is 0 Å². The van der Waals surface area contributed by atoms with Gasteiger partial charge in [-0.15, -0.1) is 0 Å². The van der Waals surface area contributed by atoms with Gasteiger partial charge in [-0.2, -0.15) is 0 Å². The molecule has 0 aliphatic carbocycles. The van der Waals surface area contributed by atoms with Gasteiger partial charge < -0.3 is 5.32 Å². The molecule has 0 amide bonds. The van der Waals surface area contributed by atoms with Crippen LogP contribution < -0.4 is 5.32 Å². The molecule has 0 fully saturated rings. The third-order valence-corrected chi connectivity index (χ3v) is 3.29. The molecule has 1 N–H and O–H groups in total. The molecule has 0 radical (unpaired) electrons. The average molecular weight is 260 g/mol. The van der Waals surface area contributed by atoms with E-state index in [2.05, 4.69) is 55.6 Å². The van der Waals surface area contributed by atoms with E-state index in [1.54, 1.807) is 0 Å². The lowest BCUT2D eigenvalue weighted by Crippen LogP contribution is -2.13. The maximum absolute atomic E-state index is 6.20. The zero-order valence-corrected chi connectivity index (χ0v) is 11.6. The molecule has 0 atom stereocenters. The highest BCUT2D eigenvalue weighted by molar-refractivity contribution is 6.31. The summed E-state index contributed by atoms with van der Waals surface area (Å²) < 4.78 is 0. The molecule has 1 nitrogen and oxygen atoms in total. The van der Waals surface area contributed by atoms with Crippen molar-refractivity contribution < 1.29 is 0 Å². The van der Waals surface area contributed by atoms with Gasteiger partial charge in [0.2, 0.25) is 0 Å². The molecule has 0 saturated carbocycles. The second-order valence-electron chi connectivity index (χ2n) is 4.69. The van der Waals surface area contributed by atoms with Crippen LogP contribution in [0.4, 0.5) is 0 Å². The summed E-state index contributed by atoms with van der Waals surface area (Å²) in [6.45, 7) is 5.83. The van der Waals surface area contributed by atoms with E-state index in [1.165, 1.54) is 16.7 Å². The van der Waals surface area contributed by atoms with Crippen LogP contribution >= 0.6 is 11.6 Å². The minimum Gasteiger partial charge on any atom is -0.309 e. The zero-order chi connectivity index (χ0) is 13.0. The smallest absolute Gasteiger partial charge is 0.0453 e. The van der Waals surface area contributed by atoms with E-state index in [9.17, 15) is 0 Å². The van der Waals surface area contributed by atoms with Gasteiger partial charge in [-0.3, -0.25) is 0 Å². The third kappa shape index (κ3) is 3.59. The van der Waals surface area contributed by atoms with Crippen LogP contribution in [0.15, 0.2) is 42.5 Å². The van der Waals surface area contributed by atoms with Crippen molar-refractivity contribution in [3.05, 3.63) is 69.7 Å². The lowest BCUT2D eigenvalue weighted by atomic mass is 10.1. The fourth-order valence-corrected chi connectivity index (χ4v) is 2.26. The SMILES string of the molecule is Cc1cccc(CNCc2ccc(C)cc2Cl)c1. The second kappa shape index (κ2) is 6.03. The van der Waals surface area contributed by atoms with Crippen molar-refractivity contribution in [3.63, 3.8) is 0 Å². The van der Waals surface area contributed by atoms with Gasteiger partial charge >= 0.3 is 0 Å². The Bertz CT molecular complexity index is 534. The van der Waals surface area contributed by atoms with Crippen LogP contribution in [0.3, 0.4) is 0 Å². The molecule has 0 saturated heterocycles. The van der Waals surface area contributed by atoms with E-state index in [0.717, 1.165) is 23.7 Å². The molecule has 0 aliphatic heterocycles. The number of benzene rings is 2. The molecule has 0 aliphatic rings. The van der Waals surface area contributed by atoms with Crippen molar-refractivity contribution in [2.45, 2.75) is 26.9 Å². The van der Waals surface area contributed by atoms with Gasteiger partial charge in [-0.05, 0) is 36.6 Å². The third-order valence-electron chi connectivity index (χ3n) is 2.94. The quantitative estimate of drug-likeness (QED) is 0.866. The van der Waals surface area contributed by atoms with Crippen molar-refractivity contribution in [2.24, 2.45) is 0 Å². The summed E-state index contributed by atoms with van der Waals surface area (Å²) in [6.07, 6.45) is 0. The first-order valence-corrected chi connectivity index (χ1v) is 6.54. The number of nitrogens with one attached hydrogen (secondary N) is 1. The van der Waals surface area contributed by atoms with Crippen LogP contribution in [-0.4, -0.2) is 0 Å². The summed E-state index contributed by atoms with van der Waals surface area (Å²) in [5, 5.41) is 4.26. The highest BCUT2D eigenvalue weighted by Crippen LogP contribution is 2.17. The maximum Gasteiger partial charge on any atom is 0.0453 e. The van der Waals surface area contributed by atoms with Crippen LogP contribution in [0.2, 0.25) is 5.02 Å². The summed E-state index contributed by atoms with van der Waals surface area (Å²) in [4.78, 5) is 0. The standard InChI is InChI=1S/C16H18ClN/c1-12-4-3-5-14(8-12)10-18-11-15-7-6-13(2)9-16(15)17/h3-9,18H,10-11H2,1-2H3. The van der Waals surface area contributed by atoms with Crippen LogP contribution in [0, 0.1) is 13.8 Å². The minimum absolute atomic E-state index is 0.799. The molecule has 18 heavy (non-hydrogen) atoms. The van der Waals surface area contributed by atoms with Crippen LogP contribution in [0.25, 0.3) is 0 Å². The largest absolute Gasteiger partial charge is 0.309 e. The number of hydrogen-bond acceptors (Lipinski definition) is 1. The average Bonchev–Trinajstić information content (AvgIpc) is 2.32. The predicted octanol–water partition coefficient (Wildman–Crippen LogP) is 4.25. The minimum atomic E-state index is 0.799. The Kier molecular flexibility index (Phi) is 4.40. The molecule has 2 aromatic rings. The van der Waals surface area contributed by atoms with Crippen molar-refractivity contribution in [3.8, 4) is 0 Å². The number of halogens is 1. The number of rotatable bonds is 4. The van der Waals surface area contributed by atoms with E-state index in [0.29, 0.717) is 0 Å². The van der Waals surface area contributed by atoms with Gasteiger partial charge in [0.25, 0.3) is 0 Å². The van der Waals surface area contributed by atoms with Crippen molar-refractivity contribution >= 4 is 11.6 Å². The van der Waals surface area contributed by atoms with Gasteiger partial charge in [0.15, 0.2) is 0 Å². The van der Waals surface area contributed by atoms with E-state index in [4.69, 9.17) is 11.6 Å². The Balaban J connectivity index is 1.92. The molecular formula is C16H18ClN. The van der Waals surface area contributed by atoms with Gasteiger partial charge in [-0.1, -0.05) is 53.6 Å². The molecule has 2 rings (SSSR count). The van der Waals surface area contributed by atoms with Gasteiger partial charge in [-0.25, -0.2) is 0 Å². The van der Waals surface area contributed by atoms with Gasteiger partial charge in [0, 0.05) is 18.1 Å². The fourth-order valence-electron chi connectivity index (χ4n) is 1.96. The molecule has 0 heterocycles. The Morgan fingerprint density at radius 1 is 0.944 bits per heavy atom. The lowest BCUT2D eigenvalue weighted by molar-refractivity contribution is 0.693. The van der Waals surface area contributed by atoms with Crippen LogP contribution in [-0.2, 0) is 13.1 Å². The molecule has 2 heteroatoms.